The predicted octanol–water partition coefficient (Wildman–Crippen LogP) is 3.14. The van der Waals surface area contributed by atoms with Crippen LogP contribution in [0.15, 0.2) is 30.3 Å². The summed E-state index contributed by atoms with van der Waals surface area (Å²) >= 11 is 0. The summed E-state index contributed by atoms with van der Waals surface area (Å²) in [4.78, 5) is 0. The molecule has 0 fully saturated rings. The zero-order valence-corrected chi connectivity index (χ0v) is 10.5. The van der Waals surface area contributed by atoms with Crippen molar-refractivity contribution in [2.45, 2.75) is 32.3 Å². The van der Waals surface area contributed by atoms with Gasteiger partial charge in [-0.3, -0.25) is 0 Å². The van der Waals surface area contributed by atoms with Crippen LogP contribution in [0.1, 0.15) is 31.2 Å². The molecular weight excluding hydrogens is 222 g/mol. The maximum Gasteiger partial charge on any atom is 0.0716 e. The number of nitrogens with two attached hydrogens (primary N) is 1. The average molecular weight is 244 g/mol. The molecular formula is C13H22ClNO. The molecule has 0 amide bonds. The maximum absolute atomic E-state index is 5.57. The van der Waals surface area contributed by atoms with Crippen molar-refractivity contribution in [3.8, 4) is 0 Å². The molecule has 0 radical (unpaired) electrons. The Morgan fingerprint density at radius 3 is 2.31 bits per heavy atom. The Morgan fingerprint density at radius 1 is 0.938 bits per heavy atom. The quantitative estimate of drug-likeness (QED) is 0.712. The molecule has 0 saturated carbocycles. The van der Waals surface area contributed by atoms with Crippen LogP contribution in [0.4, 0.5) is 0 Å². The summed E-state index contributed by atoms with van der Waals surface area (Å²) < 4.78 is 5.57. The Kier molecular flexibility index (Phi) is 10.5. The minimum absolute atomic E-state index is 0. The lowest BCUT2D eigenvalue weighted by molar-refractivity contribution is 0.117. The normalized spacial score (nSPS) is 9.81. The van der Waals surface area contributed by atoms with Crippen LogP contribution in [-0.2, 0) is 11.3 Å². The molecule has 0 aromatic heterocycles. The van der Waals surface area contributed by atoms with Crippen molar-refractivity contribution >= 4 is 12.4 Å². The average Bonchev–Trinajstić information content (AvgIpc) is 2.29. The van der Waals surface area contributed by atoms with Gasteiger partial charge < -0.3 is 10.5 Å². The third kappa shape index (κ3) is 7.69. The summed E-state index contributed by atoms with van der Waals surface area (Å²) in [5.41, 5.74) is 6.66. The van der Waals surface area contributed by atoms with Gasteiger partial charge in [0, 0.05) is 6.61 Å². The second-order valence-electron chi connectivity index (χ2n) is 3.74. The second kappa shape index (κ2) is 10.9. The lowest BCUT2D eigenvalue weighted by Crippen LogP contribution is -1.99. The van der Waals surface area contributed by atoms with Gasteiger partial charge in [-0.05, 0) is 24.9 Å². The van der Waals surface area contributed by atoms with Crippen molar-refractivity contribution in [2.75, 3.05) is 13.2 Å². The number of ether oxygens (including phenoxy) is 1. The first-order chi connectivity index (χ1) is 7.43. The van der Waals surface area contributed by atoms with Crippen LogP contribution in [0.25, 0.3) is 0 Å². The van der Waals surface area contributed by atoms with Gasteiger partial charge in [0.05, 0.1) is 6.61 Å². The van der Waals surface area contributed by atoms with E-state index >= 15 is 0 Å². The number of unbranched alkanes of at least 4 members (excludes halogenated alkanes) is 3. The molecule has 0 aliphatic rings. The fraction of sp³-hybridized carbons (Fsp3) is 0.538. The Balaban J connectivity index is 0.00000225. The summed E-state index contributed by atoms with van der Waals surface area (Å²) in [6, 6.07) is 10.3. The number of hydrogen-bond donors (Lipinski definition) is 1. The van der Waals surface area contributed by atoms with Gasteiger partial charge in [0.1, 0.15) is 0 Å². The van der Waals surface area contributed by atoms with Crippen molar-refractivity contribution in [1.82, 2.24) is 0 Å². The van der Waals surface area contributed by atoms with Crippen LogP contribution in [0.2, 0.25) is 0 Å². The third-order valence-corrected chi connectivity index (χ3v) is 2.35. The van der Waals surface area contributed by atoms with Crippen molar-refractivity contribution in [3.63, 3.8) is 0 Å². The Bertz CT molecular complexity index is 241. The molecule has 0 spiro atoms. The number of benzene rings is 1. The van der Waals surface area contributed by atoms with Gasteiger partial charge in [-0.2, -0.15) is 0 Å². The molecule has 0 heterocycles. The molecule has 2 N–H and O–H groups in total. The van der Waals surface area contributed by atoms with E-state index in [9.17, 15) is 0 Å². The van der Waals surface area contributed by atoms with E-state index in [1.165, 1.54) is 18.4 Å². The van der Waals surface area contributed by atoms with Gasteiger partial charge in [-0.25, -0.2) is 0 Å². The van der Waals surface area contributed by atoms with Gasteiger partial charge in [0.25, 0.3) is 0 Å². The van der Waals surface area contributed by atoms with Crippen molar-refractivity contribution in [3.05, 3.63) is 35.9 Å². The smallest absolute Gasteiger partial charge is 0.0716 e. The molecule has 1 aromatic carbocycles. The summed E-state index contributed by atoms with van der Waals surface area (Å²) in [5, 5.41) is 0. The Labute approximate surface area is 105 Å². The fourth-order valence-corrected chi connectivity index (χ4v) is 1.47. The molecule has 0 unspecified atom stereocenters. The van der Waals surface area contributed by atoms with Gasteiger partial charge in [0.15, 0.2) is 0 Å². The first-order valence-corrected chi connectivity index (χ1v) is 5.75. The fourth-order valence-electron chi connectivity index (χ4n) is 1.47. The van der Waals surface area contributed by atoms with E-state index in [0.717, 1.165) is 32.6 Å². The molecule has 0 bridgehead atoms. The topological polar surface area (TPSA) is 35.2 Å². The summed E-state index contributed by atoms with van der Waals surface area (Å²) in [6.07, 6.45) is 4.74. The van der Waals surface area contributed by atoms with Crippen LogP contribution < -0.4 is 5.73 Å². The Hall–Kier alpha value is -0.570. The van der Waals surface area contributed by atoms with E-state index in [4.69, 9.17) is 10.5 Å². The van der Waals surface area contributed by atoms with Crippen molar-refractivity contribution in [1.29, 1.82) is 0 Å². The van der Waals surface area contributed by atoms with Crippen LogP contribution >= 0.6 is 12.4 Å². The molecule has 0 aliphatic heterocycles. The lowest BCUT2D eigenvalue weighted by atomic mass is 10.2. The SMILES string of the molecule is Cl.NCCCCCCOCc1ccccc1. The highest BCUT2D eigenvalue weighted by atomic mass is 35.5. The van der Waals surface area contributed by atoms with Crippen molar-refractivity contribution in [2.24, 2.45) is 5.73 Å². The summed E-state index contributed by atoms with van der Waals surface area (Å²) in [7, 11) is 0. The second-order valence-corrected chi connectivity index (χ2v) is 3.74. The monoisotopic (exact) mass is 243 g/mol. The summed E-state index contributed by atoms with van der Waals surface area (Å²) in [6.45, 7) is 2.40. The molecule has 1 aromatic rings. The first kappa shape index (κ1) is 15.4. The highest BCUT2D eigenvalue weighted by Crippen LogP contribution is 2.03. The molecule has 2 nitrogen and oxygen atoms in total. The van der Waals surface area contributed by atoms with E-state index in [2.05, 4.69) is 12.1 Å². The van der Waals surface area contributed by atoms with E-state index < -0.39 is 0 Å². The van der Waals surface area contributed by atoms with E-state index in [1.54, 1.807) is 0 Å². The number of hydrogen-bond acceptors (Lipinski definition) is 2. The zero-order valence-electron chi connectivity index (χ0n) is 9.73. The summed E-state index contributed by atoms with van der Waals surface area (Å²) in [5.74, 6) is 0. The maximum atomic E-state index is 5.57. The number of rotatable bonds is 8. The van der Waals surface area contributed by atoms with Gasteiger partial charge in [-0.15, -0.1) is 12.4 Å². The van der Waals surface area contributed by atoms with Gasteiger partial charge >= 0.3 is 0 Å². The molecule has 0 atom stereocenters. The molecule has 16 heavy (non-hydrogen) atoms. The largest absolute Gasteiger partial charge is 0.377 e. The Morgan fingerprint density at radius 2 is 1.62 bits per heavy atom. The number of halogens is 1. The van der Waals surface area contributed by atoms with E-state index in [1.807, 2.05) is 18.2 Å². The zero-order chi connectivity index (χ0) is 10.8. The standard InChI is InChI=1S/C13H21NO.ClH/c14-10-6-1-2-7-11-15-12-13-8-4-3-5-9-13;/h3-5,8-9H,1-2,6-7,10-12,14H2;1H. The molecule has 1 rings (SSSR count). The molecule has 3 heteroatoms. The molecule has 0 aliphatic carbocycles. The van der Waals surface area contributed by atoms with Crippen LogP contribution in [0.5, 0.6) is 0 Å². The molecule has 0 saturated heterocycles. The van der Waals surface area contributed by atoms with Crippen LogP contribution in [0, 0.1) is 0 Å². The molecule has 92 valence electrons. The predicted molar refractivity (Wildman–Crippen MR) is 70.9 cm³/mol. The van der Waals surface area contributed by atoms with Crippen molar-refractivity contribution < 1.29 is 4.74 Å². The van der Waals surface area contributed by atoms with Crippen LogP contribution in [0.3, 0.4) is 0 Å². The van der Waals surface area contributed by atoms with Crippen LogP contribution in [-0.4, -0.2) is 13.2 Å². The first-order valence-electron chi connectivity index (χ1n) is 5.75. The van der Waals surface area contributed by atoms with Gasteiger partial charge in [-0.1, -0.05) is 43.2 Å². The highest BCUT2D eigenvalue weighted by Gasteiger charge is 1.92. The minimum atomic E-state index is 0. The van der Waals surface area contributed by atoms with E-state index in [-0.39, 0.29) is 12.4 Å². The highest BCUT2D eigenvalue weighted by molar-refractivity contribution is 5.85. The van der Waals surface area contributed by atoms with E-state index in [0.29, 0.717) is 0 Å². The van der Waals surface area contributed by atoms with Gasteiger partial charge in [0.2, 0.25) is 0 Å². The third-order valence-electron chi connectivity index (χ3n) is 2.35. The lowest BCUT2D eigenvalue weighted by Gasteiger charge is -2.03. The minimum Gasteiger partial charge on any atom is -0.377 e.